The van der Waals surface area contributed by atoms with E-state index in [2.05, 4.69) is 27.7 Å². The monoisotopic (exact) mass is 224 g/mol. The molecule has 0 saturated heterocycles. The molecule has 0 heterocycles. The fourth-order valence-electron chi connectivity index (χ4n) is 4.13. The number of rotatable bonds is 2. The van der Waals surface area contributed by atoms with E-state index >= 15 is 0 Å². The van der Waals surface area contributed by atoms with Crippen LogP contribution >= 0.6 is 0 Å². The Morgan fingerprint density at radius 1 is 1.12 bits per heavy atom. The number of ether oxygens (including phenoxy) is 1. The standard InChI is InChI=1S/C15H28O/c1-5-15-11-7-6-8-12(15)9-10-13(15)16-14(2,3)4/h12-13H,5-11H2,1-4H3/t12-,13+,15+/m1/s1. The maximum absolute atomic E-state index is 6.36. The minimum absolute atomic E-state index is 0.0270. The van der Waals surface area contributed by atoms with Crippen molar-refractivity contribution >= 4 is 0 Å². The molecule has 2 aliphatic rings. The molecule has 2 saturated carbocycles. The first-order valence-corrected chi connectivity index (χ1v) is 7.16. The van der Waals surface area contributed by atoms with Gasteiger partial charge in [-0.2, -0.15) is 0 Å². The predicted molar refractivity (Wildman–Crippen MR) is 68.5 cm³/mol. The fraction of sp³-hybridized carbons (Fsp3) is 1.00. The van der Waals surface area contributed by atoms with Crippen molar-refractivity contribution in [1.29, 1.82) is 0 Å². The normalized spacial score (nSPS) is 39.8. The van der Waals surface area contributed by atoms with Gasteiger partial charge in [0.2, 0.25) is 0 Å². The van der Waals surface area contributed by atoms with Crippen molar-refractivity contribution in [3.05, 3.63) is 0 Å². The van der Waals surface area contributed by atoms with Crippen molar-refractivity contribution in [2.75, 3.05) is 0 Å². The summed E-state index contributed by atoms with van der Waals surface area (Å²) in [5.41, 5.74) is 0.560. The summed E-state index contributed by atoms with van der Waals surface area (Å²) < 4.78 is 6.36. The molecule has 0 amide bonds. The van der Waals surface area contributed by atoms with E-state index in [0.29, 0.717) is 11.5 Å². The van der Waals surface area contributed by atoms with Gasteiger partial charge in [0.25, 0.3) is 0 Å². The van der Waals surface area contributed by atoms with Gasteiger partial charge in [0.15, 0.2) is 0 Å². The van der Waals surface area contributed by atoms with Gasteiger partial charge in [0.1, 0.15) is 0 Å². The Labute approximate surface area is 101 Å². The molecule has 0 bridgehead atoms. The largest absolute Gasteiger partial charge is 0.372 e. The van der Waals surface area contributed by atoms with Gasteiger partial charge in [0, 0.05) is 0 Å². The Morgan fingerprint density at radius 2 is 1.88 bits per heavy atom. The molecule has 94 valence electrons. The number of fused-ring (bicyclic) bond motifs is 1. The van der Waals surface area contributed by atoms with E-state index in [1.165, 1.54) is 44.9 Å². The van der Waals surface area contributed by atoms with Gasteiger partial charge in [-0.25, -0.2) is 0 Å². The van der Waals surface area contributed by atoms with Crippen LogP contribution in [0.1, 0.15) is 72.6 Å². The van der Waals surface area contributed by atoms with Gasteiger partial charge < -0.3 is 4.74 Å². The first-order valence-electron chi connectivity index (χ1n) is 7.16. The number of hydrogen-bond acceptors (Lipinski definition) is 1. The minimum Gasteiger partial charge on any atom is -0.372 e. The Balaban J connectivity index is 2.13. The molecule has 0 unspecified atom stereocenters. The molecule has 2 aliphatic carbocycles. The lowest BCUT2D eigenvalue weighted by Crippen LogP contribution is -2.42. The van der Waals surface area contributed by atoms with Gasteiger partial charge in [-0.1, -0.05) is 19.8 Å². The molecule has 2 rings (SSSR count). The van der Waals surface area contributed by atoms with Gasteiger partial charge >= 0.3 is 0 Å². The third-order valence-corrected chi connectivity index (χ3v) is 4.83. The van der Waals surface area contributed by atoms with E-state index in [1.807, 2.05) is 0 Å². The molecule has 1 heteroatoms. The molecule has 0 aliphatic heterocycles. The van der Waals surface area contributed by atoms with Crippen molar-refractivity contribution in [2.24, 2.45) is 11.3 Å². The highest BCUT2D eigenvalue weighted by Gasteiger charge is 2.51. The third kappa shape index (κ3) is 2.16. The Morgan fingerprint density at radius 3 is 2.50 bits per heavy atom. The quantitative estimate of drug-likeness (QED) is 0.668. The maximum atomic E-state index is 6.36. The fourth-order valence-corrected chi connectivity index (χ4v) is 4.13. The summed E-state index contributed by atoms with van der Waals surface area (Å²) in [5.74, 6) is 0.957. The first kappa shape index (κ1) is 12.4. The van der Waals surface area contributed by atoms with Gasteiger partial charge in [-0.3, -0.25) is 0 Å². The molecule has 2 fully saturated rings. The molecule has 16 heavy (non-hydrogen) atoms. The van der Waals surface area contributed by atoms with Crippen molar-refractivity contribution in [2.45, 2.75) is 84.3 Å². The third-order valence-electron chi connectivity index (χ3n) is 4.83. The summed E-state index contributed by atoms with van der Waals surface area (Å²) in [6.45, 7) is 8.98. The smallest absolute Gasteiger partial charge is 0.0641 e. The lowest BCUT2D eigenvalue weighted by Gasteiger charge is -2.44. The second-order valence-corrected chi connectivity index (χ2v) is 6.83. The van der Waals surface area contributed by atoms with Crippen molar-refractivity contribution in [3.63, 3.8) is 0 Å². The van der Waals surface area contributed by atoms with Crippen LogP contribution in [0.2, 0.25) is 0 Å². The van der Waals surface area contributed by atoms with Crippen LogP contribution in [-0.4, -0.2) is 11.7 Å². The Hall–Kier alpha value is -0.0400. The minimum atomic E-state index is 0.0270. The van der Waals surface area contributed by atoms with Gasteiger partial charge in [0.05, 0.1) is 11.7 Å². The SMILES string of the molecule is CC[C@]12CCCC[C@@H]1CC[C@@H]2OC(C)(C)C. The van der Waals surface area contributed by atoms with Crippen LogP contribution in [0.15, 0.2) is 0 Å². The molecule has 0 spiro atoms. The molecule has 0 radical (unpaired) electrons. The zero-order valence-electron chi connectivity index (χ0n) is 11.5. The summed E-state index contributed by atoms with van der Waals surface area (Å²) in [4.78, 5) is 0. The molecular formula is C15H28O. The summed E-state index contributed by atoms with van der Waals surface area (Å²) >= 11 is 0. The lowest BCUT2D eigenvalue weighted by molar-refractivity contribution is -0.123. The Bertz CT molecular complexity index is 240. The molecule has 0 aromatic heterocycles. The van der Waals surface area contributed by atoms with Crippen molar-refractivity contribution in [1.82, 2.24) is 0 Å². The molecule has 0 N–H and O–H groups in total. The predicted octanol–water partition coefficient (Wildman–Crippen LogP) is 4.55. The lowest BCUT2D eigenvalue weighted by atomic mass is 9.65. The molecular weight excluding hydrogens is 196 g/mol. The number of hydrogen-bond donors (Lipinski definition) is 0. The van der Waals surface area contributed by atoms with E-state index in [4.69, 9.17) is 4.74 Å². The van der Waals surface area contributed by atoms with Crippen LogP contribution in [0.3, 0.4) is 0 Å². The van der Waals surface area contributed by atoms with Crippen LogP contribution in [0.25, 0.3) is 0 Å². The van der Waals surface area contributed by atoms with Crippen LogP contribution < -0.4 is 0 Å². The highest BCUT2D eigenvalue weighted by atomic mass is 16.5. The van der Waals surface area contributed by atoms with E-state index in [-0.39, 0.29) is 5.60 Å². The van der Waals surface area contributed by atoms with E-state index in [1.54, 1.807) is 0 Å². The summed E-state index contributed by atoms with van der Waals surface area (Å²) in [6, 6.07) is 0. The summed E-state index contributed by atoms with van der Waals surface area (Å²) in [5, 5.41) is 0. The Kier molecular flexibility index (Phi) is 3.36. The highest BCUT2D eigenvalue weighted by Crippen LogP contribution is 2.56. The molecule has 0 aromatic carbocycles. The van der Waals surface area contributed by atoms with Crippen LogP contribution in [0, 0.1) is 11.3 Å². The zero-order valence-corrected chi connectivity index (χ0v) is 11.5. The van der Waals surface area contributed by atoms with E-state index in [9.17, 15) is 0 Å². The van der Waals surface area contributed by atoms with Crippen LogP contribution in [0.5, 0.6) is 0 Å². The summed E-state index contributed by atoms with van der Waals surface area (Å²) in [6.07, 6.45) is 10.3. The average molecular weight is 224 g/mol. The zero-order chi connectivity index (χ0) is 11.8. The first-order chi connectivity index (χ1) is 7.48. The van der Waals surface area contributed by atoms with Crippen molar-refractivity contribution < 1.29 is 4.74 Å². The summed E-state index contributed by atoms with van der Waals surface area (Å²) in [7, 11) is 0. The second-order valence-electron chi connectivity index (χ2n) is 6.83. The molecule has 1 nitrogen and oxygen atoms in total. The highest BCUT2D eigenvalue weighted by molar-refractivity contribution is 5.00. The van der Waals surface area contributed by atoms with Gasteiger partial charge in [-0.05, 0) is 64.2 Å². The van der Waals surface area contributed by atoms with E-state index < -0.39 is 0 Å². The maximum Gasteiger partial charge on any atom is 0.0641 e. The topological polar surface area (TPSA) is 9.23 Å². The van der Waals surface area contributed by atoms with Crippen LogP contribution in [0.4, 0.5) is 0 Å². The molecule has 0 aromatic rings. The van der Waals surface area contributed by atoms with Crippen molar-refractivity contribution in [3.8, 4) is 0 Å². The second kappa shape index (κ2) is 4.33. The molecule has 3 atom stereocenters. The van der Waals surface area contributed by atoms with Crippen LogP contribution in [-0.2, 0) is 4.74 Å². The average Bonchev–Trinajstić information content (AvgIpc) is 2.56. The van der Waals surface area contributed by atoms with Gasteiger partial charge in [-0.15, -0.1) is 0 Å². The van der Waals surface area contributed by atoms with E-state index in [0.717, 1.165) is 5.92 Å².